The topological polar surface area (TPSA) is 83.8 Å². The number of ether oxygens (including phenoxy) is 1. The van der Waals surface area contributed by atoms with Crippen molar-refractivity contribution in [3.8, 4) is 5.75 Å². The Morgan fingerprint density at radius 3 is 2.00 bits per heavy atom. The number of ketones is 2. The van der Waals surface area contributed by atoms with Gasteiger partial charge in [-0.25, -0.2) is 0 Å². The van der Waals surface area contributed by atoms with E-state index in [-0.39, 0.29) is 29.0 Å². The summed E-state index contributed by atoms with van der Waals surface area (Å²) in [6.07, 6.45) is 1.38. The van der Waals surface area contributed by atoms with Crippen LogP contribution < -0.4 is 4.74 Å². The predicted molar refractivity (Wildman–Crippen MR) is 128 cm³/mol. The van der Waals surface area contributed by atoms with Gasteiger partial charge in [-0.1, -0.05) is 56.3 Å². The van der Waals surface area contributed by atoms with Crippen molar-refractivity contribution < 1.29 is 24.5 Å². The first-order valence-corrected chi connectivity index (χ1v) is 12.1. The molecule has 6 heteroatoms. The molecule has 5 nitrogen and oxygen atoms in total. The number of benzene rings is 1. The molecular weight excluding hydrogens is 472 g/mol. The number of hydrogen-bond acceptors (Lipinski definition) is 5. The molecule has 0 heterocycles. The average Bonchev–Trinajstić information content (AvgIpc) is 2.62. The van der Waals surface area contributed by atoms with E-state index >= 15 is 0 Å². The first-order valence-electron chi connectivity index (χ1n) is 11.3. The van der Waals surface area contributed by atoms with E-state index in [1.54, 1.807) is 12.1 Å². The molecule has 32 heavy (non-hydrogen) atoms. The van der Waals surface area contributed by atoms with E-state index in [1.807, 2.05) is 39.8 Å². The molecule has 0 saturated heterocycles. The molecule has 0 aromatic heterocycles. The van der Waals surface area contributed by atoms with Crippen molar-refractivity contribution >= 4 is 27.5 Å². The highest BCUT2D eigenvalue weighted by Crippen LogP contribution is 2.51. The maximum absolute atomic E-state index is 13.4. The molecule has 2 N–H and O–H groups in total. The van der Waals surface area contributed by atoms with Gasteiger partial charge in [-0.2, -0.15) is 0 Å². The van der Waals surface area contributed by atoms with Gasteiger partial charge in [0.15, 0.2) is 0 Å². The van der Waals surface area contributed by atoms with Crippen LogP contribution in [0.25, 0.3) is 0 Å². The lowest BCUT2D eigenvalue weighted by Crippen LogP contribution is -2.51. The summed E-state index contributed by atoms with van der Waals surface area (Å²) in [5.74, 6) is -1.85. The molecule has 2 aliphatic rings. The van der Waals surface area contributed by atoms with Crippen LogP contribution in [0.15, 0.2) is 35.3 Å². The largest absolute Gasteiger partial charge is 0.489 e. The van der Waals surface area contributed by atoms with Crippen LogP contribution in [0.2, 0.25) is 0 Å². The van der Waals surface area contributed by atoms with Gasteiger partial charge in [-0.05, 0) is 47.4 Å². The Labute approximate surface area is 199 Å². The second kappa shape index (κ2) is 9.40. The number of rotatable bonds is 6. The highest BCUT2D eigenvalue weighted by molar-refractivity contribution is 9.10. The molecule has 1 unspecified atom stereocenters. The molecule has 2 saturated carbocycles. The zero-order valence-corrected chi connectivity index (χ0v) is 21.0. The van der Waals surface area contributed by atoms with Crippen molar-refractivity contribution in [2.24, 2.45) is 22.7 Å². The lowest BCUT2D eigenvalue weighted by molar-refractivity contribution is -0.144. The molecule has 0 spiro atoms. The van der Waals surface area contributed by atoms with E-state index in [2.05, 4.69) is 22.5 Å². The number of carbonyl (C=O) groups excluding carboxylic acids is 2. The summed E-state index contributed by atoms with van der Waals surface area (Å²) in [5.41, 5.74) is 0.0398. The minimum absolute atomic E-state index is 0.0711. The normalized spacial score (nSPS) is 30.6. The lowest BCUT2D eigenvalue weighted by atomic mass is 9.58. The second-order valence-electron chi connectivity index (χ2n) is 11.0. The minimum Gasteiger partial charge on any atom is -0.489 e. The average molecular weight is 507 g/mol. The van der Waals surface area contributed by atoms with Gasteiger partial charge in [-0.3, -0.25) is 9.59 Å². The minimum atomic E-state index is -0.905. The zero-order valence-electron chi connectivity index (χ0n) is 19.4. The van der Waals surface area contributed by atoms with Gasteiger partial charge in [0.25, 0.3) is 0 Å². The standard InChI is InChI=1S/C26H35BrO5/c1-6-9-32-21-8-7-15(27)10-16(21)22(23-17(28)11-25(2,3)12-18(23)29)24-19(30)13-26(4,5)14-20(24)31/h6-8,10,17,19,22-24,28,30H,1,9,11-14H2,2-5H3/t17-,19-,22?,23-,24+/m0/s1. The van der Waals surface area contributed by atoms with Crippen molar-refractivity contribution in [3.63, 3.8) is 0 Å². The highest BCUT2D eigenvalue weighted by atomic mass is 79.9. The van der Waals surface area contributed by atoms with Gasteiger partial charge >= 0.3 is 0 Å². The lowest BCUT2D eigenvalue weighted by Gasteiger charge is -2.46. The van der Waals surface area contributed by atoms with Crippen LogP contribution in [0, 0.1) is 22.7 Å². The Balaban J connectivity index is 2.15. The molecule has 0 aliphatic heterocycles. The van der Waals surface area contributed by atoms with Crippen LogP contribution >= 0.6 is 15.9 Å². The summed E-state index contributed by atoms with van der Waals surface area (Å²) < 4.78 is 6.68. The van der Waals surface area contributed by atoms with Crippen LogP contribution in [0.1, 0.15) is 64.9 Å². The molecule has 2 fully saturated rings. The first-order chi connectivity index (χ1) is 14.8. The van der Waals surface area contributed by atoms with Gasteiger partial charge in [0.1, 0.15) is 23.9 Å². The van der Waals surface area contributed by atoms with Gasteiger partial charge in [0, 0.05) is 23.2 Å². The van der Waals surface area contributed by atoms with E-state index in [9.17, 15) is 19.8 Å². The molecule has 1 aromatic carbocycles. The van der Waals surface area contributed by atoms with Crippen molar-refractivity contribution in [3.05, 3.63) is 40.9 Å². The number of hydrogen-bond donors (Lipinski definition) is 2. The quantitative estimate of drug-likeness (QED) is 0.539. The smallest absolute Gasteiger partial charge is 0.139 e. The molecule has 5 atom stereocenters. The number of aliphatic hydroxyl groups is 2. The molecule has 1 aromatic rings. The van der Waals surface area contributed by atoms with E-state index in [1.165, 1.54) is 0 Å². The summed E-state index contributed by atoms with van der Waals surface area (Å²) in [7, 11) is 0. The van der Waals surface area contributed by atoms with Crippen molar-refractivity contribution in [1.82, 2.24) is 0 Å². The van der Waals surface area contributed by atoms with Crippen molar-refractivity contribution in [2.45, 2.75) is 71.5 Å². The molecule has 3 rings (SSSR count). The highest BCUT2D eigenvalue weighted by Gasteiger charge is 2.52. The fourth-order valence-corrected chi connectivity index (χ4v) is 6.07. The number of Topliss-reactive ketones (excluding diaryl/α,β-unsaturated/α-hetero) is 2. The van der Waals surface area contributed by atoms with Crippen LogP contribution in [-0.4, -0.2) is 40.6 Å². The van der Waals surface area contributed by atoms with Gasteiger partial charge in [0.2, 0.25) is 0 Å². The van der Waals surface area contributed by atoms with Gasteiger partial charge in [-0.15, -0.1) is 0 Å². The van der Waals surface area contributed by atoms with E-state index in [0.717, 1.165) is 4.47 Å². The fraction of sp³-hybridized carbons (Fsp3) is 0.615. The summed E-state index contributed by atoms with van der Waals surface area (Å²) in [4.78, 5) is 26.8. The zero-order chi connectivity index (χ0) is 23.8. The second-order valence-corrected chi connectivity index (χ2v) is 11.9. The Morgan fingerprint density at radius 1 is 1.06 bits per heavy atom. The van der Waals surface area contributed by atoms with Crippen molar-refractivity contribution in [1.29, 1.82) is 0 Å². The van der Waals surface area contributed by atoms with Crippen LogP contribution in [0.4, 0.5) is 0 Å². The van der Waals surface area contributed by atoms with Crippen LogP contribution in [0.5, 0.6) is 5.75 Å². The summed E-state index contributed by atoms with van der Waals surface area (Å²) >= 11 is 3.51. The molecular formula is C26H35BrO5. The fourth-order valence-electron chi connectivity index (χ4n) is 5.69. The Bertz CT molecular complexity index is 848. The summed E-state index contributed by atoms with van der Waals surface area (Å²) in [5, 5.41) is 22.3. The van der Waals surface area contributed by atoms with Gasteiger partial charge < -0.3 is 14.9 Å². The Kier molecular flexibility index (Phi) is 7.38. The number of aliphatic hydroxyl groups excluding tert-OH is 2. The van der Waals surface area contributed by atoms with Gasteiger partial charge in [0.05, 0.1) is 24.0 Å². The number of halogens is 1. The van der Waals surface area contributed by atoms with E-state index < -0.39 is 30.0 Å². The Morgan fingerprint density at radius 2 is 1.56 bits per heavy atom. The third-order valence-corrected chi connectivity index (χ3v) is 7.36. The first kappa shape index (κ1) is 25.1. The monoisotopic (exact) mass is 506 g/mol. The molecule has 2 aliphatic carbocycles. The van der Waals surface area contributed by atoms with E-state index in [4.69, 9.17) is 4.74 Å². The number of carbonyl (C=O) groups is 2. The molecule has 0 bridgehead atoms. The summed E-state index contributed by atoms with van der Waals surface area (Å²) in [6.45, 7) is 11.9. The van der Waals surface area contributed by atoms with Crippen LogP contribution in [-0.2, 0) is 9.59 Å². The molecule has 176 valence electrons. The maximum atomic E-state index is 13.4. The SMILES string of the molecule is C=CCOc1ccc(Br)cc1C([C@H]1C(=O)CC(C)(C)C[C@@H]1O)[C@@H]1C(=O)CC(C)(C)C[C@@H]1O. The molecule has 0 amide bonds. The van der Waals surface area contributed by atoms with E-state index in [0.29, 0.717) is 37.0 Å². The maximum Gasteiger partial charge on any atom is 0.139 e. The molecule has 0 radical (unpaired) electrons. The Hall–Kier alpha value is -1.50. The predicted octanol–water partition coefficient (Wildman–Crippen LogP) is 4.83. The third kappa shape index (κ3) is 5.35. The summed E-state index contributed by atoms with van der Waals surface area (Å²) in [6, 6.07) is 5.48. The third-order valence-electron chi connectivity index (χ3n) is 6.86. The van der Waals surface area contributed by atoms with Crippen LogP contribution in [0.3, 0.4) is 0 Å². The van der Waals surface area contributed by atoms with Crippen molar-refractivity contribution in [2.75, 3.05) is 6.61 Å².